The van der Waals surface area contributed by atoms with Crippen LogP contribution in [0.25, 0.3) is 0 Å². The molecule has 4 rings (SSSR count). The van der Waals surface area contributed by atoms with Crippen molar-refractivity contribution in [2.24, 2.45) is 5.10 Å². The zero-order valence-corrected chi connectivity index (χ0v) is 19.5. The number of sulfone groups is 1. The van der Waals surface area contributed by atoms with E-state index in [-0.39, 0.29) is 22.6 Å². The molecule has 0 bridgehead atoms. The van der Waals surface area contributed by atoms with Crippen molar-refractivity contribution in [1.82, 2.24) is 5.01 Å². The largest absolute Gasteiger partial charge is 0.273 e. The van der Waals surface area contributed by atoms with Crippen LogP contribution < -0.4 is 0 Å². The van der Waals surface area contributed by atoms with E-state index in [9.17, 15) is 13.2 Å². The van der Waals surface area contributed by atoms with Crippen LogP contribution >= 0.6 is 23.2 Å². The van der Waals surface area contributed by atoms with Gasteiger partial charge in [0.05, 0.1) is 22.4 Å². The predicted octanol–water partition coefficient (Wildman–Crippen LogP) is 5.66. The number of hydrazone groups is 1. The Labute approximate surface area is 197 Å². The van der Waals surface area contributed by atoms with E-state index in [0.717, 1.165) is 16.8 Å². The number of amides is 1. The molecule has 0 fully saturated rings. The van der Waals surface area contributed by atoms with Crippen molar-refractivity contribution < 1.29 is 13.2 Å². The molecule has 1 amide bonds. The van der Waals surface area contributed by atoms with Crippen LogP contribution in [-0.4, -0.2) is 25.0 Å². The van der Waals surface area contributed by atoms with Crippen molar-refractivity contribution in [3.8, 4) is 0 Å². The second-order valence-corrected chi connectivity index (χ2v) is 10.5. The van der Waals surface area contributed by atoms with E-state index in [1.807, 2.05) is 24.3 Å². The summed E-state index contributed by atoms with van der Waals surface area (Å²) in [7, 11) is -3.48. The van der Waals surface area contributed by atoms with Crippen molar-refractivity contribution in [3.63, 3.8) is 0 Å². The quantitative estimate of drug-likeness (QED) is 0.466. The number of benzene rings is 3. The minimum absolute atomic E-state index is 0.117. The molecule has 0 saturated heterocycles. The number of hydrogen-bond donors (Lipinski definition) is 0. The lowest BCUT2D eigenvalue weighted by Gasteiger charge is -2.20. The molecule has 0 saturated carbocycles. The van der Waals surface area contributed by atoms with Gasteiger partial charge in [-0.15, -0.1) is 0 Å². The van der Waals surface area contributed by atoms with Crippen LogP contribution in [0.5, 0.6) is 0 Å². The van der Waals surface area contributed by atoms with Gasteiger partial charge >= 0.3 is 0 Å². The summed E-state index contributed by atoms with van der Waals surface area (Å²) >= 11 is 11.8. The molecule has 3 aromatic carbocycles. The lowest BCUT2D eigenvalue weighted by molar-refractivity contribution is -0.130. The fourth-order valence-corrected chi connectivity index (χ4v) is 5.26. The fraction of sp³-hybridized carbons (Fsp3) is 0.167. The van der Waals surface area contributed by atoms with Gasteiger partial charge in [-0.05, 0) is 53.1 Å². The summed E-state index contributed by atoms with van der Waals surface area (Å²) in [6.45, 7) is 1.49. The summed E-state index contributed by atoms with van der Waals surface area (Å²) in [5, 5.41) is 7.14. The molecule has 1 unspecified atom stereocenters. The molecule has 0 N–H and O–H groups in total. The Morgan fingerprint density at radius 1 is 0.938 bits per heavy atom. The van der Waals surface area contributed by atoms with Crippen LogP contribution in [-0.2, 0) is 20.4 Å². The summed E-state index contributed by atoms with van der Waals surface area (Å²) in [5.41, 5.74) is 3.24. The first-order valence-corrected chi connectivity index (χ1v) is 12.3. The SMILES string of the molecule is CC(=O)N1N=C(c2ccc(CS(=O)(=O)c3ccc(Cl)cc3)cc2)CC1c1ccc(Cl)cc1. The Morgan fingerprint density at radius 2 is 1.50 bits per heavy atom. The van der Waals surface area contributed by atoms with Crippen LogP contribution in [0.3, 0.4) is 0 Å². The molecule has 0 aliphatic carbocycles. The lowest BCUT2D eigenvalue weighted by Crippen LogP contribution is -2.24. The summed E-state index contributed by atoms with van der Waals surface area (Å²) in [4.78, 5) is 12.4. The van der Waals surface area contributed by atoms with Crippen LogP contribution in [0.2, 0.25) is 10.0 Å². The second-order valence-electron chi connectivity index (χ2n) is 7.59. The summed E-state index contributed by atoms with van der Waals surface area (Å²) < 4.78 is 25.4. The van der Waals surface area contributed by atoms with E-state index in [1.165, 1.54) is 24.1 Å². The molecular weight excluding hydrogens is 467 g/mol. The summed E-state index contributed by atoms with van der Waals surface area (Å²) in [6.07, 6.45) is 0.559. The standard InChI is InChI=1S/C24H20Cl2N2O3S/c1-16(29)28-24(19-6-8-20(25)9-7-19)14-23(27-28)18-4-2-17(3-5-18)15-32(30,31)22-12-10-21(26)11-13-22/h2-13,24H,14-15H2,1H3. The Hall–Kier alpha value is -2.67. The monoisotopic (exact) mass is 486 g/mol. The van der Waals surface area contributed by atoms with Gasteiger partial charge in [0, 0.05) is 23.4 Å². The van der Waals surface area contributed by atoms with Crippen LogP contribution in [0.15, 0.2) is 82.8 Å². The van der Waals surface area contributed by atoms with Gasteiger partial charge in [-0.2, -0.15) is 5.10 Å². The molecular formula is C24H20Cl2N2O3S. The zero-order valence-electron chi connectivity index (χ0n) is 17.2. The highest BCUT2D eigenvalue weighted by molar-refractivity contribution is 7.90. The average molecular weight is 487 g/mol. The van der Waals surface area contributed by atoms with Crippen LogP contribution in [0.1, 0.15) is 36.1 Å². The molecule has 1 heterocycles. The highest BCUT2D eigenvalue weighted by Crippen LogP contribution is 2.33. The first-order chi connectivity index (χ1) is 15.2. The van der Waals surface area contributed by atoms with Gasteiger partial charge in [0.25, 0.3) is 0 Å². The number of nitrogens with zero attached hydrogens (tertiary/aromatic N) is 2. The number of rotatable bonds is 5. The molecule has 164 valence electrons. The van der Waals surface area contributed by atoms with E-state index in [1.54, 1.807) is 36.4 Å². The number of carbonyl (C=O) groups excluding carboxylic acids is 1. The molecule has 0 radical (unpaired) electrons. The van der Waals surface area contributed by atoms with Gasteiger partial charge in [-0.25, -0.2) is 13.4 Å². The zero-order chi connectivity index (χ0) is 22.9. The maximum absolute atomic E-state index is 12.7. The molecule has 0 spiro atoms. The first kappa shape index (κ1) is 22.5. The third kappa shape index (κ3) is 4.88. The van der Waals surface area contributed by atoms with E-state index >= 15 is 0 Å². The van der Waals surface area contributed by atoms with Crippen molar-refractivity contribution in [2.75, 3.05) is 0 Å². The van der Waals surface area contributed by atoms with Crippen LogP contribution in [0.4, 0.5) is 0 Å². The van der Waals surface area contributed by atoms with Gasteiger partial charge in [0.1, 0.15) is 0 Å². The Bertz CT molecular complexity index is 1270. The average Bonchev–Trinajstić information content (AvgIpc) is 3.21. The molecule has 32 heavy (non-hydrogen) atoms. The molecule has 0 aromatic heterocycles. The van der Waals surface area contributed by atoms with E-state index in [2.05, 4.69) is 5.10 Å². The minimum atomic E-state index is -3.48. The molecule has 5 nitrogen and oxygen atoms in total. The van der Waals surface area contributed by atoms with Gasteiger partial charge in [0.2, 0.25) is 5.91 Å². The fourth-order valence-electron chi connectivity index (χ4n) is 3.66. The number of halogens is 2. The molecule has 8 heteroatoms. The molecule has 1 atom stereocenters. The Kier molecular flexibility index (Phi) is 6.38. The molecule has 1 aliphatic rings. The summed E-state index contributed by atoms with van der Waals surface area (Å²) in [5.74, 6) is -0.264. The third-order valence-electron chi connectivity index (χ3n) is 5.30. The van der Waals surface area contributed by atoms with Gasteiger partial charge < -0.3 is 0 Å². The maximum Gasteiger partial charge on any atom is 0.240 e. The highest BCUT2D eigenvalue weighted by Gasteiger charge is 2.31. The van der Waals surface area contributed by atoms with Crippen LogP contribution in [0, 0.1) is 0 Å². The normalized spacial score (nSPS) is 16.2. The first-order valence-electron chi connectivity index (χ1n) is 9.93. The maximum atomic E-state index is 12.7. The van der Waals surface area contributed by atoms with Gasteiger partial charge in [-0.1, -0.05) is 59.6 Å². The third-order valence-corrected chi connectivity index (χ3v) is 7.51. The lowest BCUT2D eigenvalue weighted by atomic mass is 9.98. The smallest absolute Gasteiger partial charge is 0.240 e. The summed E-state index contributed by atoms with van der Waals surface area (Å²) in [6, 6.07) is 20.6. The van der Waals surface area contributed by atoms with Gasteiger partial charge in [0.15, 0.2) is 9.84 Å². The van der Waals surface area contributed by atoms with Crippen molar-refractivity contribution in [3.05, 3.63) is 99.5 Å². The van der Waals surface area contributed by atoms with E-state index in [4.69, 9.17) is 23.2 Å². The van der Waals surface area contributed by atoms with Gasteiger partial charge in [-0.3, -0.25) is 4.79 Å². The highest BCUT2D eigenvalue weighted by atomic mass is 35.5. The number of hydrogen-bond acceptors (Lipinski definition) is 4. The van der Waals surface area contributed by atoms with Crippen molar-refractivity contribution >= 4 is 44.7 Å². The number of carbonyl (C=O) groups is 1. The molecule has 1 aliphatic heterocycles. The van der Waals surface area contributed by atoms with Crippen molar-refractivity contribution in [1.29, 1.82) is 0 Å². The second kappa shape index (κ2) is 9.06. The van der Waals surface area contributed by atoms with Crippen molar-refractivity contribution in [2.45, 2.75) is 30.0 Å². The Morgan fingerprint density at radius 3 is 2.06 bits per heavy atom. The Balaban J connectivity index is 1.53. The topological polar surface area (TPSA) is 66.8 Å². The minimum Gasteiger partial charge on any atom is -0.273 e. The van der Waals surface area contributed by atoms with E-state index in [0.29, 0.717) is 22.0 Å². The predicted molar refractivity (Wildman–Crippen MR) is 127 cm³/mol. The molecule has 3 aromatic rings. The van der Waals surface area contributed by atoms with E-state index < -0.39 is 9.84 Å².